The standard InChI is InChI=1S/C11H10N2O2S2.2C6H15NO3/c14-9(16)5-6(11(15)17)10-12-7-3-1-2-4-8(7)13-10;2*8-4-1-7(2-5-9)3-6-10/h1-4,6H,5H2,(H,12,13)(H,14,16)(H,15,17);2*8-10H,1-6H2. The number of aromatic nitrogens is 2. The maximum atomic E-state index is 9.44. The van der Waals surface area contributed by atoms with Crippen LogP contribution >= 0.6 is 24.4 Å². The summed E-state index contributed by atoms with van der Waals surface area (Å²) in [5.74, 6) is -0.0648. The minimum Gasteiger partial charge on any atom is -0.502 e. The van der Waals surface area contributed by atoms with Gasteiger partial charge in [-0.15, -0.1) is 0 Å². The summed E-state index contributed by atoms with van der Waals surface area (Å²) in [6, 6.07) is 7.48. The summed E-state index contributed by atoms with van der Waals surface area (Å²) < 4.78 is 0. The van der Waals surface area contributed by atoms with Crippen molar-refractivity contribution in [3.8, 4) is 0 Å². The van der Waals surface area contributed by atoms with Gasteiger partial charge in [0.15, 0.2) is 10.1 Å². The van der Waals surface area contributed by atoms with E-state index in [4.69, 9.17) is 48.0 Å². The number of aromatic amines is 1. The maximum absolute atomic E-state index is 9.44. The molecule has 2 aromatic rings. The number of hydrogen-bond donors (Lipinski definition) is 9. The van der Waals surface area contributed by atoms with Gasteiger partial charge in [0.05, 0.1) is 56.6 Å². The molecule has 0 radical (unpaired) electrons. The highest BCUT2D eigenvalue weighted by Gasteiger charge is 2.21. The Kier molecular flexibility index (Phi) is 21.1. The van der Waals surface area contributed by atoms with Crippen LogP contribution in [0.25, 0.3) is 11.0 Å². The molecule has 1 aromatic carbocycles. The number of imidazole rings is 1. The predicted molar refractivity (Wildman–Crippen MR) is 149 cm³/mol. The zero-order chi connectivity index (χ0) is 28.1. The Hall–Kier alpha value is -1.85. The molecule has 1 atom stereocenters. The number of rotatable bonds is 16. The molecule has 1 unspecified atom stereocenters. The van der Waals surface area contributed by atoms with E-state index < -0.39 is 5.92 Å². The second-order valence-corrected chi connectivity index (χ2v) is 8.54. The van der Waals surface area contributed by atoms with Crippen molar-refractivity contribution < 1.29 is 40.9 Å². The Morgan fingerprint density at radius 2 is 1.14 bits per heavy atom. The van der Waals surface area contributed by atoms with Gasteiger partial charge < -0.3 is 45.8 Å². The van der Waals surface area contributed by atoms with Crippen LogP contribution in [0.5, 0.6) is 0 Å². The lowest BCUT2D eigenvalue weighted by atomic mass is 10.1. The van der Waals surface area contributed by atoms with Crippen molar-refractivity contribution in [3.63, 3.8) is 0 Å². The van der Waals surface area contributed by atoms with E-state index in [0.29, 0.717) is 45.1 Å². The molecule has 0 bridgehead atoms. The van der Waals surface area contributed by atoms with E-state index in [1.54, 1.807) is 9.80 Å². The summed E-state index contributed by atoms with van der Waals surface area (Å²) in [4.78, 5) is 10.9. The fourth-order valence-corrected chi connectivity index (χ4v) is 3.49. The average Bonchev–Trinajstić information content (AvgIpc) is 3.28. The summed E-state index contributed by atoms with van der Waals surface area (Å²) in [6.07, 6.45) is 0.0878. The molecule has 0 aliphatic heterocycles. The Bertz CT molecular complexity index is 795. The summed E-state index contributed by atoms with van der Waals surface area (Å²) in [5.41, 5.74) is 1.64. The third kappa shape index (κ3) is 15.9. The molecule has 2 rings (SSSR count). The van der Waals surface area contributed by atoms with Gasteiger partial charge in [0.1, 0.15) is 5.82 Å². The smallest absolute Gasteiger partial charge is 0.167 e. The molecule has 12 nitrogen and oxygen atoms in total. The highest BCUT2D eigenvalue weighted by molar-refractivity contribution is 7.80. The van der Waals surface area contributed by atoms with Gasteiger partial charge in [-0.3, -0.25) is 9.80 Å². The molecule has 0 amide bonds. The highest BCUT2D eigenvalue weighted by atomic mass is 32.1. The molecule has 1 heterocycles. The molecule has 0 aliphatic rings. The van der Waals surface area contributed by atoms with Crippen molar-refractivity contribution in [2.24, 2.45) is 0 Å². The monoisotopic (exact) mass is 564 g/mol. The number of fused-ring (bicyclic) bond motifs is 1. The minimum atomic E-state index is -0.574. The van der Waals surface area contributed by atoms with Crippen molar-refractivity contribution >= 4 is 45.6 Å². The van der Waals surface area contributed by atoms with Gasteiger partial charge in [0.25, 0.3) is 0 Å². The van der Waals surface area contributed by atoms with E-state index >= 15 is 0 Å². The van der Waals surface area contributed by atoms with Crippen LogP contribution in [0.3, 0.4) is 0 Å². The molecule has 212 valence electrons. The van der Waals surface area contributed by atoms with Crippen molar-refractivity contribution in [2.75, 3.05) is 78.9 Å². The zero-order valence-electron chi connectivity index (χ0n) is 20.8. The van der Waals surface area contributed by atoms with Crippen LogP contribution in [0.4, 0.5) is 0 Å². The summed E-state index contributed by atoms with van der Waals surface area (Å²) in [6.45, 7) is 3.51. The largest absolute Gasteiger partial charge is 0.502 e. The van der Waals surface area contributed by atoms with Crippen LogP contribution in [-0.4, -0.2) is 150 Å². The molecular weight excluding hydrogens is 524 g/mol. The Morgan fingerprint density at radius 1 is 0.730 bits per heavy atom. The zero-order valence-corrected chi connectivity index (χ0v) is 22.4. The van der Waals surface area contributed by atoms with Gasteiger partial charge in [0, 0.05) is 45.7 Å². The molecule has 0 spiro atoms. The van der Waals surface area contributed by atoms with E-state index in [1.165, 1.54) is 0 Å². The predicted octanol–water partition coefficient (Wildman–Crippen LogP) is -0.662. The van der Waals surface area contributed by atoms with Crippen LogP contribution in [0.15, 0.2) is 24.3 Å². The topological polar surface area (TPSA) is 197 Å². The summed E-state index contributed by atoms with van der Waals surface area (Å²) in [5, 5.41) is 69.0. The van der Waals surface area contributed by atoms with Crippen LogP contribution in [-0.2, 0) is 0 Å². The second kappa shape index (κ2) is 22.2. The lowest BCUT2D eigenvalue weighted by Crippen LogP contribution is -2.32. The van der Waals surface area contributed by atoms with Crippen LogP contribution in [0.1, 0.15) is 18.2 Å². The molecular formula is C23H40N4O8S2. The van der Waals surface area contributed by atoms with Gasteiger partial charge in [0.2, 0.25) is 0 Å². The number of nitrogens with one attached hydrogen (secondary N) is 1. The fraction of sp³-hybridized carbons (Fsp3) is 0.609. The average molecular weight is 565 g/mol. The Balaban J connectivity index is 0.000000564. The normalized spacial score (nSPS) is 11.6. The maximum Gasteiger partial charge on any atom is 0.167 e. The minimum absolute atomic E-state index is 0.0694. The number of benzene rings is 1. The lowest BCUT2D eigenvalue weighted by Gasteiger charge is -2.17. The molecule has 37 heavy (non-hydrogen) atoms. The third-order valence-electron chi connectivity index (χ3n) is 4.91. The number of para-hydroxylation sites is 2. The van der Waals surface area contributed by atoms with Crippen molar-refractivity contribution in [1.82, 2.24) is 19.8 Å². The van der Waals surface area contributed by atoms with E-state index in [2.05, 4.69) is 22.2 Å². The summed E-state index contributed by atoms with van der Waals surface area (Å²) >= 11 is 9.36. The van der Waals surface area contributed by atoms with Gasteiger partial charge in [-0.1, -0.05) is 12.1 Å². The van der Waals surface area contributed by atoms with Crippen molar-refractivity contribution in [1.29, 1.82) is 0 Å². The first-order valence-electron chi connectivity index (χ1n) is 11.8. The van der Waals surface area contributed by atoms with Gasteiger partial charge >= 0.3 is 0 Å². The number of H-pyrrole nitrogens is 1. The lowest BCUT2D eigenvalue weighted by molar-refractivity contribution is 0.136. The summed E-state index contributed by atoms with van der Waals surface area (Å²) in [7, 11) is 0. The number of thiocarbonyl (C=S) groups is 2. The molecule has 0 fully saturated rings. The van der Waals surface area contributed by atoms with Crippen molar-refractivity contribution in [2.45, 2.75) is 12.3 Å². The van der Waals surface area contributed by atoms with E-state index in [-0.39, 0.29) is 56.2 Å². The first-order chi connectivity index (χ1) is 17.8. The number of aliphatic hydroxyl groups excluding tert-OH is 8. The molecule has 14 heteroatoms. The third-order valence-corrected chi connectivity index (χ3v) is 5.36. The molecule has 0 saturated carbocycles. The molecule has 0 aliphatic carbocycles. The quantitative estimate of drug-likeness (QED) is 0.117. The van der Waals surface area contributed by atoms with E-state index in [0.717, 1.165) is 11.0 Å². The first kappa shape index (κ1) is 35.2. The molecule has 9 N–H and O–H groups in total. The molecule has 1 aromatic heterocycles. The fourth-order valence-electron chi connectivity index (χ4n) is 3.13. The van der Waals surface area contributed by atoms with Crippen LogP contribution in [0, 0.1) is 0 Å². The van der Waals surface area contributed by atoms with E-state index in [9.17, 15) is 5.11 Å². The second-order valence-electron chi connectivity index (χ2n) is 7.65. The van der Waals surface area contributed by atoms with Gasteiger partial charge in [-0.25, -0.2) is 4.98 Å². The number of hydrogen-bond acceptors (Lipinski definition) is 11. The van der Waals surface area contributed by atoms with E-state index in [1.807, 2.05) is 24.3 Å². The Labute approximate surface area is 227 Å². The number of nitrogens with zero attached hydrogens (tertiary/aromatic N) is 3. The van der Waals surface area contributed by atoms with Gasteiger partial charge in [-0.2, -0.15) is 0 Å². The SMILES string of the molecule is OC(=S)CC(C(O)=S)c1nc2ccccc2[nH]1.OCCN(CCO)CCO.OCCN(CCO)CCO. The van der Waals surface area contributed by atoms with Crippen LogP contribution in [0.2, 0.25) is 0 Å². The van der Waals surface area contributed by atoms with Gasteiger partial charge in [-0.05, 0) is 36.6 Å². The van der Waals surface area contributed by atoms with Crippen LogP contribution < -0.4 is 0 Å². The number of aliphatic hydroxyl groups is 8. The molecule has 0 saturated heterocycles. The van der Waals surface area contributed by atoms with Crippen molar-refractivity contribution in [3.05, 3.63) is 30.1 Å². The first-order valence-corrected chi connectivity index (χ1v) is 12.6. The highest BCUT2D eigenvalue weighted by Crippen LogP contribution is 2.21. The Morgan fingerprint density at radius 3 is 1.46 bits per heavy atom.